The van der Waals surface area contributed by atoms with Crippen LogP contribution in [0.25, 0.3) is 0 Å². The summed E-state index contributed by atoms with van der Waals surface area (Å²) in [7, 11) is 3.13. The Balaban J connectivity index is 2.18. The van der Waals surface area contributed by atoms with E-state index in [4.69, 9.17) is 44.9 Å². The van der Waals surface area contributed by atoms with E-state index in [0.717, 1.165) is 5.56 Å². The van der Waals surface area contributed by atoms with Crippen LogP contribution in [0, 0.1) is 0 Å². The predicted molar refractivity (Wildman–Crippen MR) is 94.3 cm³/mol. The van der Waals surface area contributed by atoms with Gasteiger partial charge >= 0.3 is 0 Å². The van der Waals surface area contributed by atoms with Crippen molar-refractivity contribution in [3.8, 4) is 5.75 Å². The van der Waals surface area contributed by atoms with E-state index in [2.05, 4.69) is 0 Å². The number of nitrogens with zero attached hydrogens (tertiary/aromatic N) is 1. The van der Waals surface area contributed by atoms with Crippen LogP contribution in [0.3, 0.4) is 0 Å². The molecule has 0 aliphatic carbocycles. The van der Waals surface area contributed by atoms with Crippen molar-refractivity contribution in [1.82, 2.24) is 4.90 Å². The zero-order chi connectivity index (χ0) is 16.3. The van der Waals surface area contributed by atoms with Crippen LogP contribution in [0.1, 0.15) is 5.56 Å². The average molecular weight is 380 g/mol. The molecular formula is C14H15Cl2NO3S2. The molecule has 1 aromatic rings. The van der Waals surface area contributed by atoms with Crippen LogP contribution in [0.4, 0.5) is 0 Å². The topological polar surface area (TPSA) is 38.8 Å². The molecule has 1 fully saturated rings. The molecule has 0 spiro atoms. The Morgan fingerprint density at radius 2 is 2.09 bits per heavy atom. The average Bonchev–Trinajstić information content (AvgIpc) is 2.71. The molecule has 2 rings (SSSR count). The standard InChI is InChI=1S/C14H15Cl2NO3S2/c1-19-4-3-17-13(18)11(22-14(17)21)6-8-5-9(15)7-10(16)12(8)20-2/h5,7,11H,3-4,6H2,1-2H3/t11-/m0/s1. The van der Waals surface area contributed by atoms with Gasteiger partial charge in [-0.15, -0.1) is 0 Å². The maximum Gasteiger partial charge on any atom is 0.242 e. The fraction of sp³-hybridized carbons (Fsp3) is 0.429. The van der Waals surface area contributed by atoms with Crippen molar-refractivity contribution in [2.45, 2.75) is 11.7 Å². The Bertz CT molecular complexity index is 598. The van der Waals surface area contributed by atoms with Crippen LogP contribution < -0.4 is 4.74 Å². The predicted octanol–water partition coefficient (Wildman–Crippen LogP) is 3.42. The lowest BCUT2D eigenvalue weighted by atomic mass is 10.1. The number of carbonyl (C=O) groups excluding carboxylic acids is 1. The van der Waals surface area contributed by atoms with E-state index >= 15 is 0 Å². The number of hydrogen-bond donors (Lipinski definition) is 0. The number of hydrogen-bond acceptors (Lipinski definition) is 5. The molecule has 1 aromatic carbocycles. The minimum absolute atomic E-state index is 0.0230. The molecule has 4 nitrogen and oxygen atoms in total. The molecule has 0 N–H and O–H groups in total. The Morgan fingerprint density at radius 1 is 1.36 bits per heavy atom. The first kappa shape index (κ1) is 17.8. The number of rotatable bonds is 6. The number of thiocarbonyl (C=S) groups is 1. The van der Waals surface area contributed by atoms with Crippen LogP contribution >= 0.6 is 47.2 Å². The van der Waals surface area contributed by atoms with E-state index in [1.165, 1.54) is 18.9 Å². The number of carbonyl (C=O) groups is 1. The van der Waals surface area contributed by atoms with Gasteiger partial charge in [0.15, 0.2) is 0 Å². The maximum absolute atomic E-state index is 12.5. The number of amides is 1. The van der Waals surface area contributed by atoms with Gasteiger partial charge in [-0.3, -0.25) is 9.69 Å². The summed E-state index contributed by atoms with van der Waals surface area (Å²) in [6.07, 6.45) is 0.455. The third kappa shape index (κ3) is 3.86. The molecule has 8 heteroatoms. The first-order chi connectivity index (χ1) is 10.5. The van der Waals surface area contributed by atoms with Gasteiger partial charge in [-0.05, 0) is 24.1 Å². The molecule has 1 saturated heterocycles. The number of halogens is 2. The first-order valence-electron chi connectivity index (χ1n) is 6.50. The second-order valence-corrected chi connectivity index (χ2v) is 7.32. The lowest BCUT2D eigenvalue weighted by molar-refractivity contribution is -0.126. The van der Waals surface area contributed by atoms with Crippen LogP contribution in [-0.2, 0) is 16.0 Å². The largest absolute Gasteiger partial charge is 0.495 e. The Kier molecular flexibility index (Phi) is 6.35. The van der Waals surface area contributed by atoms with E-state index in [1.807, 2.05) is 0 Å². The van der Waals surface area contributed by atoms with E-state index in [0.29, 0.717) is 39.7 Å². The molecule has 0 unspecified atom stereocenters. The second kappa shape index (κ2) is 7.84. The van der Waals surface area contributed by atoms with Gasteiger partial charge in [0, 0.05) is 12.1 Å². The number of thioether (sulfide) groups is 1. The molecule has 1 atom stereocenters. The number of benzene rings is 1. The summed E-state index contributed by atoms with van der Waals surface area (Å²) in [4.78, 5) is 14.0. The van der Waals surface area contributed by atoms with Crippen molar-refractivity contribution in [1.29, 1.82) is 0 Å². The van der Waals surface area contributed by atoms with Gasteiger partial charge < -0.3 is 9.47 Å². The molecule has 1 aliphatic rings. The summed E-state index contributed by atoms with van der Waals surface area (Å²) in [6, 6.07) is 3.38. The minimum atomic E-state index is -0.298. The van der Waals surface area contributed by atoms with Gasteiger partial charge in [0.2, 0.25) is 5.91 Å². The van der Waals surface area contributed by atoms with E-state index in [9.17, 15) is 4.79 Å². The van der Waals surface area contributed by atoms with Gasteiger partial charge in [0.1, 0.15) is 10.1 Å². The number of methoxy groups -OCH3 is 2. The molecule has 1 aliphatic heterocycles. The Hall–Kier alpha value is -0.530. The van der Waals surface area contributed by atoms with Gasteiger partial charge in [-0.25, -0.2) is 0 Å². The minimum Gasteiger partial charge on any atom is -0.495 e. The third-order valence-corrected chi connectivity index (χ3v) is 5.30. The fourth-order valence-electron chi connectivity index (χ4n) is 2.21. The van der Waals surface area contributed by atoms with Crippen LogP contribution in [-0.4, -0.2) is 47.7 Å². The van der Waals surface area contributed by atoms with Crippen molar-refractivity contribution in [2.24, 2.45) is 0 Å². The lowest BCUT2D eigenvalue weighted by Crippen LogP contribution is -2.34. The van der Waals surface area contributed by atoms with Crippen molar-refractivity contribution in [2.75, 3.05) is 27.4 Å². The number of ether oxygens (including phenoxy) is 2. The third-order valence-electron chi connectivity index (χ3n) is 3.22. The molecule has 120 valence electrons. The first-order valence-corrected chi connectivity index (χ1v) is 8.55. The zero-order valence-corrected chi connectivity index (χ0v) is 15.2. The summed E-state index contributed by atoms with van der Waals surface area (Å²) in [5.41, 5.74) is 0.794. The summed E-state index contributed by atoms with van der Waals surface area (Å²) in [6.45, 7) is 0.913. The lowest BCUT2D eigenvalue weighted by Gasteiger charge is -2.15. The Morgan fingerprint density at radius 3 is 2.73 bits per heavy atom. The highest BCUT2D eigenvalue weighted by atomic mass is 35.5. The normalized spacial score (nSPS) is 18.2. The highest BCUT2D eigenvalue weighted by Gasteiger charge is 2.37. The van der Waals surface area contributed by atoms with Crippen molar-refractivity contribution in [3.63, 3.8) is 0 Å². The van der Waals surface area contributed by atoms with Crippen molar-refractivity contribution in [3.05, 3.63) is 27.7 Å². The smallest absolute Gasteiger partial charge is 0.242 e. The highest BCUT2D eigenvalue weighted by Crippen LogP contribution is 2.36. The van der Waals surface area contributed by atoms with E-state index < -0.39 is 0 Å². The molecule has 0 aromatic heterocycles. The van der Waals surface area contributed by atoms with Crippen molar-refractivity contribution >= 4 is 57.4 Å². The monoisotopic (exact) mass is 379 g/mol. The van der Waals surface area contributed by atoms with Crippen LogP contribution in [0.15, 0.2) is 12.1 Å². The van der Waals surface area contributed by atoms with Crippen LogP contribution in [0.2, 0.25) is 10.0 Å². The SMILES string of the molecule is COCCN1C(=O)[C@H](Cc2cc(Cl)cc(Cl)c2OC)SC1=S. The van der Waals surface area contributed by atoms with Gasteiger partial charge in [-0.2, -0.15) is 0 Å². The van der Waals surface area contributed by atoms with Crippen molar-refractivity contribution < 1.29 is 14.3 Å². The van der Waals surface area contributed by atoms with Gasteiger partial charge in [0.25, 0.3) is 0 Å². The van der Waals surface area contributed by atoms with Gasteiger partial charge in [-0.1, -0.05) is 47.2 Å². The summed E-state index contributed by atoms with van der Waals surface area (Å²) in [5, 5.41) is 0.641. The molecule has 0 saturated carbocycles. The summed E-state index contributed by atoms with van der Waals surface area (Å²) in [5.74, 6) is 0.519. The highest BCUT2D eigenvalue weighted by molar-refractivity contribution is 8.24. The molecule has 0 radical (unpaired) electrons. The molecular weight excluding hydrogens is 365 g/mol. The quantitative estimate of drug-likeness (QED) is 0.708. The van der Waals surface area contributed by atoms with Crippen LogP contribution in [0.5, 0.6) is 5.75 Å². The molecule has 1 heterocycles. The maximum atomic E-state index is 12.5. The molecule has 1 amide bonds. The van der Waals surface area contributed by atoms with Gasteiger partial charge in [0.05, 0.1) is 30.5 Å². The molecule has 0 bridgehead atoms. The zero-order valence-electron chi connectivity index (χ0n) is 12.1. The Labute approximate surface area is 149 Å². The molecule has 22 heavy (non-hydrogen) atoms. The van der Waals surface area contributed by atoms with E-state index in [1.54, 1.807) is 24.1 Å². The van der Waals surface area contributed by atoms with E-state index in [-0.39, 0.29) is 11.2 Å². The summed E-state index contributed by atoms with van der Waals surface area (Å²) < 4.78 is 10.9. The summed E-state index contributed by atoms with van der Waals surface area (Å²) >= 11 is 18.8. The second-order valence-electron chi connectivity index (χ2n) is 4.64. The fourth-order valence-corrected chi connectivity index (χ4v) is 4.39.